The number of carbonyl (C=O) groups is 2. The molecule has 9 nitrogen and oxygen atoms in total. The standard InChI is InChI=1S/C21H21N3O6S/c1-14-12-19(15(2)30-14)21(26)24-23-20(25)10-7-16-5-8-18(9-6-16)31(27,28)22-13-17-4-3-11-29-17/h3-12,22H,13H2,1-2H3,(H,23,25)(H,24,26)/b10-7+. The quantitative estimate of drug-likeness (QED) is 0.380. The maximum Gasteiger partial charge on any atom is 0.273 e. The zero-order chi connectivity index (χ0) is 22.4. The number of furan rings is 2. The van der Waals surface area contributed by atoms with Crippen LogP contribution < -0.4 is 15.6 Å². The third-order valence-corrected chi connectivity index (χ3v) is 5.64. The Hall–Kier alpha value is -3.63. The van der Waals surface area contributed by atoms with Gasteiger partial charge < -0.3 is 8.83 Å². The minimum atomic E-state index is -3.70. The Kier molecular flexibility index (Phi) is 6.73. The average molecular weight is 443 g/mol. The van der Waals surface area contributed by atoms with Gasteiger partial charge in [-0.2, -0.15) is 0 Å². The van der Waals surface area contributed by atoms with Crippen molar-refractivity contribution in [3.05, 3.63) is 83.2 Å². The van der Waals surface area contributed by atoms with Crippen LogP contribution in [0.15, 0.2) is 68.5 Å². The van der Waals surface area contributed by atoms with Crippen molar-refractivity contribution < 1.29 is 26.8 Å². The largest absolute Gasteiger partial charge is 0.468 e. The van der Waals surface area contributed by atoms with Crippen LogP contribution in [0, 0.1) is 13.8 Å². The normalized spacial score (nSPS) is 11.5. The van der Waals surface area contributed by atoms with Crippen LogP contribution in [0.2, 0.25) is 0 Å². The van der Waals surface area contributed by atoms with Gasteiger partial charge in [0, 0.05) is 6.08 Å². The van der Waals surface area contributed by atoms with Gasteiger partial charge in [-0.3, -0.25) is 20.4 Å². The van der Waals surface area contributed by atoms with Crippen molar-refractivity contribution in [2.75, 3.05) is 0 Å². The summed E-state index contributed by atoms with van der Waals surface area (Å²) in [7, 11) is -3.70. The lowest BCUT2D eigenvalue weighted by Gasteiger charge is -2.06. The number of amides is 2. The lowest BCUT2D eigenvalue weighted by molar-refractivity contribution is -0.117. The maximum atomic E-state index is 12.3. The van der Waals surface area contributed by atoms with Gasteiger partial charge in [0.05, 0.1) is 23.3 Å². The summed E-state index contributed by atoms with van der Waals surface area (Å²) in [6.45, 7) is 3.41. The second-order valence-corrected chi connectivity index (χ2v) is 8.34. The highest BCUT2D eigenvalue weighted by Gasteiger charge is 2.15. The zero-order valence-corrected chi connectivity index (χ0v) is 17.7. The molecule has 0 spiro atoms. The van der Waals surface area contributed by atoms with Gasteiger partial charge >= 0.3 is 0 Å². The first-order valence-corrected chi connectivity index (χ1v) is 10.7. The molecular formula is C21H21N3O6S. The highest BCUT2D eigenvalue weighted by molar-refractivity contribution is 7.89. The Morgan fingerprint density at radius 2 is 1.81 bits per heavy atom. The molecule has 162 valence electrons. The fourth-order valence-electron chi connectivity index (χ4n) is 2.68. The molecule has 2 aromatic heterocycles. The Bertz CT molecular complexity index is 1190. The summed E-state index contributed by atoms with van der Waals surface area (Å²) in [6, 6.07) is 10.9. The van der Waals surface area contributed by atoms with E-state index in [1.807, 2.05) is 0 Å². The number of hydrogen-bond donors (Lipinski definition) is 3. The molecule has 0 saturated carbocycles. The first-order valence-electron chi connectivity index (χ1n) is 9.22. The molecule has 0 unspecified atom stereocenters. The second-order valence-electron chi connectivity index (χ2n) is 6.58. The summed E-state index contributed by atoms with van der Waals surface area (Å²) in [5.41, 5.74) is 5.51. The molecule has 0 fully saturated rings. The molecule has 0 aliphatic rings. The molecular weight excluding hydrogens is 422 g/mol. The van der Waals surface area contributed by atoms with Crippen molar-refractivity contribution >= 4 is 27.9 Å². The minimum Gasteiger partial charge on any atom is -0.468 e. The van der Waals surface area contributed by atoms with E-state index in [0.29, 0.717) is 28.4 Å². The van der Waals surface area contributed by atoms with Crippen molar-refractivity contribution in [2.24, 2.45) is 0 Å². The summed E-state index contributed by atoms with van der Waals surface area (Å²) in [6.07, 6.45) is 4.17. The lowest BCUT2D eigenvalue weighted by Crippen LogP contribution is -2.40. The number of rotatable bonds is 7. The summed E-state index contributed by atoms with van der Waals surface area (Å²) < 4.78 is 37.4. The van der Waals surface area contributed by atoms with Gasteiger partial charge in [-0.05, 0) is 55.8 Å². The van der Waals surface area contributed by atoms with Crippen LogP contribution in [0.1, 0.15) is 33.2 Å². The van der Waals surface area contributed by atoms with Gasteiger partial charge in [-0.15, -0.1) is 0 Å². The summed E-state index contributed by atoms with van der Waals surface area (Å²) in [5, 5.41) is 0. The Balaban J connectivity index is 1.53. The van der Waals surface area contributed by atoms with Gasteiger partial charge in [0.2, 0.25) is 10.0 Å². The minimum absolute atomic E-state index is 0.0425. The van der Waals surface area contributed by atoms with E-state index in [2.05, 4.69) is 15.6 Å². The summed E-state index contributed by atoms with van der Waals surface area (Å²) in [4.78, 5) is 24.0. The van der Waals surface area contributed by atoms with E-state index >= 15 is 0 Å². The van der Waals surface area contributed by atoms with Crippen LogP contribution in [-0.4, -0.2) is 20.2 Å². The number of carbonyl (C=O) groups excluding carboxylic acids is 2. The third-order valence-electron chi connectivity index (χ3n) is 4.22. The van der Waals surface area contributed by atoms with Crippen LogP contribution in [0.3, 0.4) is 0 Å². The molecule has 3 rings (SSSR count). The van der Waals surface area contributed by atoms with Crippen molar-refractivity contribution in [3.63, 3.8) is 0 Å². The third kappa shape index (κ3) is 5.93. The predicted molar refractivity (Wildman–Crippen MR) is 112 cm³/mol. The molecule has 0 radical (unpaired) electrons. The Morgan fingerprint density at radius 3 is 2.42 bits per heavy atom. The molecule has 0 saturated heterocycles. The predicted octanol–water partition coefficient (Wildman–Crippen LogP) is 2.44. The topological polar surface area (TPSA) is 131 Å². The molecule has 31 heavy (non-hydrogen) atoms. The van der Waals surface area contributed by atoms with Crippen LogP contribution in [0.4, 0.5) is 0 Å². The van der Waals surface area contributed by atoms with Gasteiger partial charge in [-0.1, -0.05) is 12.1 Å². The smallest absolute Gasteiger partial charge is 0.273 e. The van der Waals surface area contributed by atoms with Crippen molar-refractivity contribution in [3.8, 4) is 0 Å². The van der Waals surface area contributed by atoms with Gasteiger partial charge in [-0.25, -0.2) is 13.1 Å². The Labute approximate surface area is 179 Å². The van der Waals surface area contributed by atoms with Gasteiger partial charge in [0.15, 0.2) is 0 Å². The molecule has 10 heteroatoms. The summed E-state index contributed by atoms with van der Waals surface area (Å²) in [5.74, 6) is 0.499. The van der Waals surface area contributed by atoms with Crippen LogP contribution in [0.5, 0.6) is 0 Å². The van der Waals surface area contributed by atoms with Crippen molar-refractivity contribution in [2.45, 2.75) is 25.3 Å². The fraction of sp³-hybridized carbons (Fsp3) is 0.143. The molecule has 0 aliphatic carbocycles. The molecule has 3 aromatic rings. The molecule has 0 atom stereocenters. The number of hydrogen-bond acceptors (Lipinski definition) is 6. The Morgan fingerprint density at radius 1 is 1.06 bits per heavy atom. The van der Waals surface area contributed by atoms with Crippen molar-refractivity contribution in [1.82, 2.24) is 15.6 Å². The van der Waals surface area contributed by atoms with E-state index in [1.165, 1.54) is 30.5 Å². The lowest BCUT2D eigenvalue weighted by atomic mass is 10.2. The van der Waals surface area contributed by atoms with E-state index in [-0.39, 0.29) is 11.4 Å². The van der Waals surface area contributed by atoms with Crippen LogP contribution in [-0.2, 0) is 21.4 Å². The van der Waals surface area contributed by atoms with E-state index in [1.54, 1.807) is 44.2 Å². The van der Waals surface area contributed by atoms with Gasteiger partial charge in [0.25, 0.3) is 11.8 Å². The molecule has 2 heterocycles. The second kappa shape index (κ2) is 9.45. The number of hydrazine groups is 1. The molecule has 1 aromatic carbocycles. The SMILES string of the molecule is Cc1cc(C(=O)NNC(=O)/C=C/c2ccc(S(=O)(=O)NCc3ccco3)cc2)c(C)o1. The maximum absolute atomic E-state index is 12.3. The first kappa shape index (κ1) is 22.1. The van der Waals surface area contributed by atoms with E-state index in [4.69, 9.17) is 8.83 Å². The molecule has 2 amide bonds. The first-order chi connectivity index (χ1) is 14.7. The van der Waals surface area contributed by atoms with Crippen LogP contribution in [0.25, 0.3) is 6.08 Å². The number of sulfonamides is 1. The fourth-order valence-corrected chi connectivity index (χ4v) is 3.67. The number of benzene rings is 1. The molecule has 3 N–H and O–H groups in total. The number of nitrogens with one attached hydrogen (secondary N) is 3. The monoisotopic (exact) mass is 443 g/mol. The highest BCUT2D eigenvalue weighted by atomic mass is 32.2. The summed E-state index contributed by atoms with van der Waals surface area (Å²) >= 11 is 0. The van der Waals surface area contributed by atoms with E-state index < -0.39 is 21.8 Å². The molecule has 0 bridgehead atoms. The van der Waals surface area contributed by atoms with E-state index in [0.717, 1.165) is 0 Å². The highest BCUT2D eigenvalue weighted by Crippen LogP contribution is 2.14. The van der Waals surface area contributed by atoms with Crippen molar-refractivity contribution in [1.29, 1.82) is 0 Å². The molecule has 0 aliphatic heterocycles. The van der Waals surface area contributed by atoms with Gasteiger partial charge in [0.1, 0.15) is 17.3 Å². The number of aryl methyl sites for hydroxylation is 2. The van der Waals surface area contributed by atoms with Crippen LogP contribution >= 0.6 is 0 Å². The van der Waals surface area contributed by atoms with E-state index in [9.17, 15) is 18.0 Å². The zero-order valence-electron chi connectivity index (χ0n) is 16.8. The average Bonchev–Trinajstić information content (AvgIpc) is 3.38.